The number of carboxylic acid groups (broad SMARTS) is 2. The number of hydrogen-bond donors (Lipinski definition) is 4. The number of halogens is 1. The van der Waals surface area contributed by atoms with Gasteiger partial charge in [-0.15, -0.1) is 0 Å². The fraction of sp³-hybridized carbons (Fsp3) is 0. The number of aromatic carboxylic acids is 2. The number of hydrogen-bond acceptors (Lipinski definition) is 3. The smallest absolute Gasteiger partial charge is 0.335 e. The van der Waals surface area contributed by atoms with Gasteiger partial charge in [0, 0.05) is 16.4 Å². The van der Waals surface area contributed by atoms with Crippen molar-refractivity contribution in [2.45, 2.75) is 0 Å². The van der Waals surface area contributed by atoms with Gasteiger partial charge in [0.2, 0.25) is 0 Å². The third-order valence-corrected chi connectivity index (χ3v) is 3.04. The fourth-order valence-corrected chi connectivity index (χ4v) is 1.99. The summed E-state index contributed by atoms with van der Waals surface area (Å²) in [4.78, 5) is 36.6. The Balaban J connectivity index is 2.32. The third-order valence-electron chi connectivity index (χ3n) is 2.58. The second-order valence-electron chi connectivity index (χ2n) is 4.10. The second kappa shape index (κ2) is 5.80. The molecule has 0 bridgehead atoms. The highest BCUT2D eigenvalue weighted by atomic mass is 79.9. The highest BCUT2D eigenvalue weighted by Gasteiger charge is 2.14. The molecule has 4 N–H and O–H groups in total. The Morgan fingerprint density at radius 2 is 1.57 bits per heavy atom. The van der Waals surface area contributed by atoms with Gasteiger partial charge < -0.3 is 20.5 Å². The van der Waals surface area contributed by atoms with E-state index in [1.54, 1.807) is 6.20 Å². The lowest BCUT2D eigenvalue weighted by molar-refractivity contribution is 0.0696. The van der Waals surface area contributed by atoms with E-state index < -0.39 is 17.8 Å². The predicted octanol–water partition coefficient (Wildman–Crippen LogP) is 2.43. The first-order valence-electron chi connectivity index (χ1n) is 5.64. The van der Waals surface area contributed by atoms with Crippen LogP contribution in [0.15, 0.2) is 34.9 Å². The van der Waals surface area contributed by atoms with Gasteiger partial charge in [0.25, 0.3) is 5.91 Å². The van der Waals surface area contributed by atoms with Crippen LogP contribution in [-0.4, -0.2) is 33.0 Å². The molecular formula is C13H9BrN2O5. The summed E-state index contributed by atoms with van der Waals surface area (Å²) in [5.74, 6) is -3.08. The molecule has 0 aliphatic heterocycles. The van der Waals surface area contributed by atoms with Gasteiger partial charge in [0.1, 0.15) is 5.69 Å². The molecular weight excluding hydrogens is 344 g/mol. The number of anilines is 1. The summed E-state index contributed by atoms with van der Waals surface area (Å²) in [7, 11) is 0. The van der Waals surface area contributed by atoms with E-state index in [-0.39, 0.29) is 22.5 Å². The monoisotopic (exact) mass is 352 g/mol. The highest BCUT2D eigenvalue weighted by Crippen LogP contribution is 2.17. The molecule has 1 heterocycles. The molecule has 0 radical (unpaired) electrons. The van der Waals surface area contributed by atoms with Gasteiger partial charge in [-0.1, -0.05) is 0 Å². The molecule has 0 fully saturated rings. The zero-order valence-electron chi connectivity index (χ0n) is 10.4. The van der Waals surface area contributed by atoms with Crippen molar-refractivity contribution in [2.75, 3.05) is 5.32 Å². The molecule has 0 saturated carbocycles. The van der Waals surface area contributed by atoms with E-state index in [1.165, 1.54) is 18.2 Å². The van der Waals surface area contributed by atoms with Gasteiger partial charge in [0.15, 0.2) is 0 Å². The Hall–Kier alpha value is -2.61. The lowest BCUT2D eigenvalue weighted by Gasteiger charge is -2.07. The number of aromatic amines is 1. The normalized spacial score (nSPS) is 10.1. The van der Waals surface area contributed by atoms with Crippen LogP contribution in [0.5, 0.6) is 0 Å². The van der Waals surface area contributed by atoms with E-state index in [0.717, 1.165) is 6.07 Å². The Morgan fingerprint density at radius 3 is 2.00 bits per heavy atom. The van der Waals surface area contributed by atoms with E-state index in [9.17, 15) is 14.4 Å². The average Bonchev–Trinajstić information content (AvgIpc) is 2.85. The van der Waals surface area contributed by atoms with Crippen LogP contribution >= 0.6 is 15.9 Å². The van der Waals surface area contributed by atoms with Crippen molar-refractivity contribution < 1.29 is 24.6 Å². The molecule has 2 rings (SSSR count). The summed E-state index contributed by atoms with van der Waals surface area (Å²) in [6.45, 7) is 0. The van der Waals surface area contributed by atoms with Crippen molar-refractivity contribution in [1.82, 2.24) is 4.98 Å². The Morgan fingerprint density at radius 1 is 1.00 bits per heavy atom. The topological polar surface area (TPSA) is 119 Å². The third kappa shape index (κ3) is 3.48. The van der Waals surface area contributed by atoms with Crippen LogP contribution in [0.2, 0.25) is 0 Å². The Kier molecular flexibility index (Phi) is 4.08. The minimum absolute atomic E-state index is 0.0861. The molecule has 0 atom stereocenters. The zero-order chi connectivity index (χ0) is 15.6. The number of H-pyrrole nitrogens is 1. The molecule has 1 aromatic carbocycles. The van der Waals surface area contributed by atoms with Crippen molar-refractivity contribution in [3.63, 3.8) is 0 Å². The number of rotatable bonds is 4. The predicted molar refractivity (Wildman–Crippen MR) is 76.8 cm³/mol. The van der Waals surface area contributed by atoms with E-state index >= 15 is 0 Å². The molecule has 0 saturated heterocycles. The minimum atomic E-state index is -1.28. The van der Waals surface area contributed by atoms with Crippen LogP contribution in [-0.2, 0) is 0 Å². The molecule has 8 heteroatoms. The maximum Gasteiger partial charge on any atom is 0.335 e. The number of benzene rings is 1. The summed E-state index contributed by atoms with van der Waals surface area (Å²) in [6, 6.07) is 4.93. The maximum atomic E-state index is 11.9. The van der Waals surface area contributed by atoms with Gasteiger partial charge in [-0.2, -0.15) is 0 Å². The number of nitrogens with one attached hydrogen (secondary N) is 2. The first-order valence-corrected chi connectivity index (χ1v) is 6.43. The summed E-state index contributed by atoms with van der Waals surface area (Å²) >= 11 is 3.18. The Labute approximate surface area is 126 Å². The molecule has 0 aliphatic carbocycles. The van der Waals surface area contributed by atoms with Gasteiger partial charge in [0.05, 0.1) is 11.1 Å². The van der Waals surface area contributed by atoms with Crippen molar-refractivity contribution in [2.24, 2.45) is 0 Å². The van der Waals surface area contributed by atoms with Crippen LogP contribution < -0.4 is 5.32 Å². The van der Waals surface area contributed by atoms with E-state index in [2.05, 4.69) is 26.2 Å². The first-order chi connectivity index (χ1) is 9.86. The van der Waals surface area contributed by atoms with Crippen molar-refractivity contribution >= 4 is 39.5 Å². The zero-order valence-corrected chi connectivity index (χ0v) is 12.0. The van der Waals surface area contributed by atoms with Crippen LogP contribution in [0.3, 0.4) is 0 Å². The summed E-state index contributed by atoms with van der Waals surface area (Å²) in [5.41, 5.74) is -0.113. The molecule has 0 unspecified atom stereocenters. The quantitative estimate of drug-likeness (QED) is 0.673. The fourth-order valence-electron chi connectivity index (χ4n) is 1.64. The number of carbonyl (C=O) groups is 3. The van der Waals surface area contributed by atoms with Crippen LogP contribution in [0.4, 0.5) is 5.69 Å². The molecule has 0 spiro atoms. The van der Waals surface area contributed by atoms with E-state index in [0.29, 0.717) is 4.47 Å². The summed E-state index contributed by atoms with van der Waals surface area (Å²) in [6.07, 6.45) is 1.56. The number of amides is 1. The minimum Gasteiger partial charge on any atom is -0.478 e. The van der Waals surface area contributed by atoms with Crippen LogP contribution in [0.1, 0.15) is 31.2 Å². The number of carboxylic acids is 2. The number of aromatic nitrogens is 1. The lowest BCUT2D eigenvalue weighted by Crippen LogP contribution is -2.13. The largest absolute Gasteiger partial charge is 0.478 e. The van der Waals surface area contributed by atoms with Crippen molar-refractivity contribution in [3.05, 3.63) is 51.8 Å². The first kappa shape index (κ1) is 14.8. The van der Waals surface area contributed by atoms with Gasteiger partial charge >= 0.3 is 11.9 Å². The van der Waals surface area contributed by atoms with Gasteiger partial charge in [-0.05, 0) is 40.2 Å². The maximum absolute atomic E-state index is 11.9. The van der Waals surface area contributed by atoms with E-state index in [1.807, 2.05) is 0 Å². The summed E-state index contributed by atoms with van der Waals surface area (Å²) in [5, 5.41) is 20.3. The molecule has 7 nitrogen and oxygen atoms in total. The highest BCUT2D eigenvalue weighted by molar-refractivity contribution is 9.10. The average molecular weight is 353 g/mol. The van der Waals surface area contributed by atoms with Crippen LogP contribution in [0, 0.1) is 0 Å². The lowest BCUT2D eigenvalue weighted by atomic mass is 10.1. The molecule has 108 valence electrons. The van der Waals surface area contributed by atoms with Gasteiger partial charge in [-0.25, -0.2) is 9.59 Å². The van der Waals surface area contributed by atoms with Gasteiger partial charge in [-0.3, -0.25) is 4.79 Å². The van der Waals surface area contributed by atoms with Crippen molar-refractivity contribution in [3.8, 4) is 0 Å². The second-order valence-corrected chi connectivity index (χ2v) is 5.01. The SMILES string of the molecule is O=C(O)c1cc(NC(=O)c2cc(Br)c[nH]2)cc(C(=O)O)c1. The molecule has 21 heavy (non-hydrogen) atoms. The standard InChI is InChI=1S/C13H9BrN2O5/c14-8-4-10(15-5-8)11(17)16-9-2-6(12(18)19)1-7(3-9)13(20)21/h1-5,15H,(H,16,17)(H,18,19)(H,20,21). The Bertz CT molecular complexity index is 706. The summed E-state index contributed by atoms with van der Waals surface area (Å²) < 4.78 is 0.679. The van der Waals surface area contributed by atoms with Crippen LogP contribution in [0.25, 0.3) is 0 Å². The molecule has 2 aromatic rings. The van der Waals surface area contributed by atoms with Crippen molar-refractivity contribution in [1.29, 1.82) is 0 Å². The molecule has 1 aromatic heterocycles. The molecule has 0 aliphatic rings. The number of carbonyl (C=O) groups excluding carboxylic acids is 1. The van der Waals surface area contributed by atoms with E-state index in [4.69, 9.17) is 10.2 Å². The molecule has 1 amide bonds.